The first kappa shape index (κ1) is 13.2. The summed E-state index contributed by atoms with van der Waals surface area (Å²) in [6, 6.07) is 10.1. The highest BCUT2D eigenvalue weighted by Crippen LogP contribution is 2.29. The van der Waals surface area contributed by atoms with Crippen molar-refractivity contribution in [3.05, 3.63) is 35.9 Å². The van der Waals surface area contributed by atoms with Crippen molar-refractivity contribution in [2.24, 2.45) is 5.92 Å². The van der Waals surface area contributed by atoms with Crippen molar-refractivity contribution in [3.63, 3.8) is 0 Å². The first-order valence-corrected chi connectivity index (χ1v) is 7.39. The first-order valence-electron chi connectivity index (χ1n) is 7.39. The summed E-state index contributed by atoms with van der Waals surface area (Å²) < 4.78 is 0. The van der Waals surface area contributed by atoms with Crippen LogP contribution >= 0.6 is 0 Å². The summed E-state index contributed by atoms with van der Waals surface area (Å²) in [5, 5.41) is 5.88. The van der Waals surface area contributed by atoms with Crippen LogP contribution in [0.2, 0.25) is 0 Å². The van der Waals surface area contributed by atoms with Crippen molar-refractivity contribution in [2.45, 2.75) is 37.6 Å². The van der Waals surface area contributed by atoms with Crippen LogP contribution in [0.5, 0.6) is 0 Å². The molecule has 20 heavy (non-hydrogen) atoms. The fourth-order valence-corrected chi connectivity index (χ4v) is 3.29. The Morgan fingerprint density at radius 1 is 1.15 bits per heavy atom. The Hall–Kier alpha value is -1.84. The van der Waals surface area contributed by atoms with Gasteiger partial charge in [0.05, 0.1) is 0 Å². The second kappa shape index (κ2) is 5.65. The maximum atomic E-state index is 12.4. The minimum Gasteiger partial charge on any atom is -0.355 e. The summed E-state index contributed by atoms with van der Waals surface area (Å²) in [6.07, 6.45) is 4.42. The normalized spacial score (nSPS) is 26.5. The molecule has 0 radical (unpaired) electrons. The number of benzene rings is 1. The van der Waals surface area contributed by atoms with Gasteiger partial charge in [-0.05, 0) is 18.4 Å². The average molecular weight is 272 g/mol. The Kier molecular flexibility index (Phi) is 3.72. The van der Waals surface area contributed by atoms with Gasteiger partial charge in [0.25, 0.3) is 0 Å². The number of nitrogens with one attached hydrogen (secondary N) is 2. The van der Waals surface area contributed by atoms with Crippen LogP contribution in [-0.2, 0) is 9.59 Å². The molecule has 0 unspecified atom stereocenters. The highest BCUT2D eigenvalue weighted by atomic mass is 16.2. The van der Waals surface area contributed by atoms with Gasteiger partial charge in [-0.1, -0.05) is 43.2 Å². The number of rotatable bonds is 3. The Labute approximate surface area is 118 Å². The smallest absolute Gasteiger partial charge is 0.233 e. The van der Waals surface area contributed by atoms with E-state index in [1.54, 1.807) is 0 Å². The summed E-state index contributed by atoms with van der Waals surface area (Å²) in [5.74, 6) is -0.891. The zero-order valence-corrected chi connectivity index (χ0v) is 11.5. The molecule has 2 aliphatic rings. The minimum absolute atomic E-state index is 0.0508. The SMILES string of the molecule is O=C1NC[C@H](c2ccccc2)[C@H]1C(=O)NC1CCCC1. The third-order valence-corrected chi connectivity index (χ3v) is 4.39. The molecule has 2 fully saturated rings. The van der Waals surface area contributed by atoms with E-state index in [0.29, 0.717) is 6.54 Å². The Balaban J connectivity index is 1.74. The van der Waals surface area contributed by atoms with Gasteiger partial charge in [0, 0.05) is 18.5 Å². The highest BCUT2D eigenvalue weighted by Gasteiger charge is 2.41. The highest BCUT2D eigenvalue weighted by molar-refractivity contribution is 6.03. The number of amides is 2. The standard InChI is InChI=1S/C16H20N2O2/c19-15-14(16(20)18-12-8-4-5-9-12)13(10-17-15)11-6-2-1-3-7-11/h1-3,6-7,12-14H,4-5,8-10H2,(H,17,19)(H,18,20)/t13-,14-/m1/s1. The van der Waals surface area contributed by atoms with Gasteiger partial charge in [0.1, 0.15) is 5.92 Å². The molecule has 1 aromatic rings. The van der Waals surface area contributed by atoms with Crippen LogP contribution in [0.15, 0.2) is 30.3 Å². The molecule has 0 aromatic heterocycles. The Bertz CT molecular complexity index is 494. The van der Waals surface area contributed by atoms with Crippen molar-refractivity contribution < 1.29 is 9.59 Å². The van der Waals surface area contributed by atoms with Crippen LogP contribution in [0.25, 0.3) is 0 Å². The zero-order valence-electron chi connectivity index (χ0n) is 11.5. The predicted molar refractivity (Wildman–Crippen MR) is 76.1 cm³/mol. The van der Waals surface area contributed by atoms with Gasteiger partial charge < -0.3 is 10.6 Å². The van der Waals surface area contributed by atoms with Gasteiger partial charge in [0.2, 0.25) is 11.8 Å². The predicted octanol–water partition coefficient (Wildman–Crippen LogP) is 1.57. The van der Waals surface area contributed by atoms with E-state index in [0.717, 1.165) is 18.4 Å². The summed E-state index contributed by atoms with van der Waals surface area (Å²) in [7, 11) is 0. The molecule has 4 nitrogen and oxygen atoms in total. The molecule has 1 aliphatic carbocycles. The van der Waals surface area contributed by atoms with E-state index in [1.165, 1.54) is 12.8 Å². The lowest BCUT2D eigenvalue weighted by Crippen LogP contribution is -2.41. The zero-order chi connectivity index (χ0) is 13.9. The molecular weight excluding hydrogens is 252 g/mol. The number of hydrogen-bond acceptors (Lipinski definition) is 2. The van der Waals surface area contributed by atoms with Crippen molar-refractivity contribution in [1.29, 1.82) is 0 Å². The van der Waals surface area contributed by atoms with Crippen LogP contribution in [0.3, 0.4) is 0 Å². The lowest BCUT2D eigenvalue weighted by molar-refractivity contribution is -0.133. The number of hydrogen-bond donors (Lipinski definition) is 2. The van der Waals surface area contributed by atoms with Gasteiger partial charge in [-0.25, -0.2) is 0 Å². The summed E-state index contributed by atoms with van der Waals surface area (Å²) in [6.45, 7) is 0.547. The molecule has 1 saturated heterocycles. The molecule has 4 heteroatoms. The van der Waals surface area contributed by atoms with Crippen LogP contribution < -0.4 is 10.6 Å². The maximum Gasteiger partial charge on any atom is 0.233 e. The second-order valence-corrected chi connectivity index (χ2v) is 5.73. The number of carbonyl (C=O) groups excluding carboxylic acids is 2. The third kappa shape index (κ3) is 2.55. The molecule has 2 amide bonds. The average Bonchev–Trinajstić information content (AvgIpc) is 3.09. The second-order valence-electron chi connectivity index (χ2n) is 5.73. The Morgan fingerprint density at radius 2 is 1.85 bits per heavy atom. The van der Waals surface area contributed by atoms with Crippen LogP contribution in [0.1, 0.15) is 37.2 Å². The largest absolute Gasteiger partial charge is 0.355 e. The van der Waals surface area contributed by atoms with E-state index in [1.807, 2.05) is 30.3 Å². The van der Waals surface area contributed by atoms with Crippen LogP contribution in [-0.4, -0.2) is 24.4 Å². The summed E-state index contributed by atoms with van der Waals surface area (Å²) in [4.78, 5) is 24.4. The molecule has 2 N–H and O–H groups in total. The van der Waals surface area contributed by atoms with E-state index in [4.69, 9.17) is 0 Å². The number of carbonyl (C=O) groups is 2. The van der Waals surface area contributed by atoms with E-state index < -0.39 is 5.92 Å². The Morgan fingerprint density at radius 3 is 2.55 bits per heavy atom. The van der Waals surface area contributed by atoms with Crippen LogP contribution in [0, 0.1) is 5.92 Å². The summed E-state index contributed by atoms with van der Waals surface area (Å²) in [5.41, 5.74) is 1.05. The molecule has 1 saturated carbocycles. The molecule has 1 aromatic carbocycles. The maximum absolute atomic E-state index is 12.4. The fraction of sp³-hybridized carbons (Fsp3) is 0.500. The van der Waals surface area contributed by atoms with E-state index in [9.17, 15) is 9.59 Å². The van der Waals surface area contributed by atoms with Crippen molar-refractivity contribution in [1.82, 2.24) is 10.6 Å². The molecule has 0 bridgehead atoms. The van der Waals surface area contributed by atoms with Gasteiger partial charge in [-0.15, -0.1) is 0 Å². The molecular formula is C16H20N2O2. The van der Waals surface area contributed by atoms with Gasteiger partial charge in [0.15, 0.2) is 0 Å². The van der Waals surface area contributed by atoms with Crippen molar-refractivity contribution >= 4 is 11.8 Å². The third-order valence-electron chi connectivity index (χ3n) is 4.39. The topological polar surface area (TPSA) is 58.2 Å². The summed E-state index contributed by atoms with van der Waals surface area (Å²) >= 11 is 0. The van der Waals surface area contributed by atoms with Crippen LogP contribution in [0.4, 0.5) is 0 Å². The first-order chi connectivity index (χ1) is 9.75. The molecule has 1 aliphatic heterocycles. The quantitative estimate of drug-likeness (QED) is 0.821. The molecule has 3 rings (SSSR count). The lowest BCUT2D eigenvalue weighted by Gasteiger charge is -2.19. The van der Waals surface area contributed by atoms with Gasteiger partial charge in [-0.2, -0.15) is 0 Å². The van der Waals surface area contributed by atoms with Crippen molar-refractivity contribution in [3.8, 4) is 0 Å². The van der Waals surface area contributed by atoms with E-state index in [2.05, 4.69) is 10.6 Å². The fourth-order valence-electron chi connectivity index (χ4n) is 3.29. The molecule has 0 spiro atoms. The van der Waals surface area contributed by atoms with Gasteiger partial charge in [-0.3, -0.25) is 9.59 Å². The monoisotopic (exact) mass is 272 g/mol. The van der Waals surface area contributed by atoms with E-state index in [-0.39, 0.29) is 23.8 Å². The lowest BCUT2D eigenvalue weighted by atomic mass is 9.88. The molecule has 106 valence electrons. The molecule has 2 atom stereocenters. The van der Waals surface area contributed by atoms with Crippen molar-refractivity contribution in [2.75, 3.05) is 6.54 Å². The van der Waals surface area contributed by atoms with Gasteiger partial charge >= 0.3 is 0 Å². The minimum atomic E-state index is -0.585. The molecule has 1 heterocycles. The van der Waals surface area contributed by atoms with E-state index >= 15 is 0 Å².